The first-order valence-corrected chi connectivity index (χ1v) is 8.43. The second-order valence-corrected chi connectivity index (χ2v) is 5.98. The zero-order valence-electron chi connectivity index (χ0n) is 14.3. The fourth-order valence-electron chi connectivity index (χ4n) is 2.55. The standard InChI is InChI=1S/C22H20FNO2/c23-15-17-9-11-20(12-10-17)24-22(25)14-19-7-4-8-21(13-19)26-16-18-5-2-1-3-6-18/h1-13H,14-16H2,(H,24,25). The molecule has 0 aliphatic carbocycles. The maximum absolute atomic E-state index is 12.5. The molecule has 3 rings (SSSR count). The Bertz CT molecular complexity index is 848. The molecule has 3 aromatic rings. The molecule has 0 aliphatic heterocycles. The van der Waals surface area contributed by atoms with Gasteiger partial charge in [-0.15, -0.1) is 0 Å². The molecule has 1 amide bonds. The first kappa shape index (κ1) is 17.7. The third kappa shape index (κ3) is 5.18. The zero-order chi connectivity index (χ0) is 18.2. The molecule has 132 valence electrons. The summed E-state index contributed by atoms with van der Waals surface area (Å²) in [6.45, 7) is -0.0264. The highest BCUT2D eigenvalue weighted by Crippen LogP contribution is 2.17. The Kier molecular flexibility index (Phi) is 5.99. The van der Waals surface area contributed by atoms with Crippen molar-refractivity contribution in [1.29, 1.82) is 0 Å². The number of alkyl halides is 1. The van der Waals surface area contributed by atoms with Gasteiger partial charge in [-0.1, -0.05) is 54.6 Å². The Morgan fingerprint density at radius 1 is 0.846 bits per heavy atom. The van der Waals surface area contributed by atoms with Crippen molar-refractivity contribution < 1.29 is 13.9 Å². The van der Waals surface area contributed by atoms with Crippen LogP contribution in [-0.2, 0) is 24.5 Å². The van der Waals surface area contributed by atoms with Crippen LogP contribution in [0.1, 0.15) is 16.7 Å². The van der Waals surface area contributed by atoms with E-state index in [1.54, 1.807) is 24.3 Å². The molecule has 0 heterocycles. The summed E-state index contributed by atoms with van der Waals surface area (Å²) in [6.07, 6.45) is 0.243. The molecular formula is C22H20FNO2. The molecule has 0 fully saturated rings. The number of amides is 1. The summed E-state index contributed by atoms with van der Waals surface area (Å²) < 4.78 is 18.3. The van der Waals surface area contributed by atoms with Crippen LogP contribution in [0.25, 0.3) is 0 Å². The number of carbonyl (C=O) groups excluding carboxylic acids is 1. The van der Waals surface area contributed by atoms with Crippen LogP contribution in [0.2, 0.25) is 0 Å². The number of ether oxygens (including phenoxy) is 1. The van der Waals surface area contributed by atoms with Crippen molar-refractivity contribution in [3.05, 3.63) is 95.6 Å². The van der Waals surface area contributed by atoms with E-state index in [2.05, 4.69) is 5.32 Å². The van der Waals surface area contributed by atoms with Gasteiger partial charge in [0.25, 0.3) is 0 Å². The number of halogens is 1. The number of nitrogens with one attached hydrogen (secondary N) is 1. The topological polar surface area (TPSA) is 38.3 Å². The van der Waals surface area contributed by atoms with Gasteiger partial charge in [0.05, 0.1) is 6.42 Å². The first-order chi connectivity index (χ1) is 12.7. The summed E-state index contributed by atoms with van der Waals surface area (Å²) in [4.78, 5) is 12.2. The SMILES string of the molecule is O=C(Cc1cccc(OCc2ccccc2)c1)Nc1ccc(CF)cc1. The van der Waals surface area contributed by atoms with Crippen molar-refractivity contribution in [3.8, 4) is 5.75 Å². The molecule has 26 heavy (non-hydrogen) atoms. The van der Waals surface area contributed by atoms with Gasteiger partial charge in [-0.3, -0.25) is 4.79 Å². The van der Waals surface area contributed by atoms with Gasteiger partial charge >= 0.3 is 0 Å². The van der Waals surface area contributed by atoms with Crippen molar-refractivity contribution in [2.45, 2.75) is 19.7 Å². The van der Waals surface area contributed by atoms with Crippen molar-refractivity contribution in [2.75, 3.05) is 5.32 Å². The Hall–Kier alpha value is -3.14. The van der Waals surface area contributed by atoms with Crippen LogP contribution in [-0.4, -0.2) is 5.91 Å². The summed E-state index contributed by atoms with van der Waals surface area (Å²) in [5.74, 6) is 0.602. The summed E-state index contributed by atoms with van der Waals surface area (Å²) >= 11 is 0. The number of hydrogen-bond donors (Lipinski definition) is 1. The molecule has 0 aromatic heterocycles. The van der Waals surface area contributed by atoms with Crippen LogP contribution in [0.15, 0.2) is 78.9 Å². The highest BCUT2D eigenvalue weighted by Gasteiger charge is 2.06. The minimum absolute atomic E-state index is 0.127. The predicted octanol–water partition coefficient (Wildman–Crippen LogP) is 4.92. The maximum atomic E-state index is 12.5. The van der Waals surface area contributed by atoms with Crippen molar-refractivity contribution in [1.82, 2.24) is 0 Å². The van der Waals surface area contributed by atoms with Crippen LogP contribution in [0.4, 0.5) is 10.1 Å². The van der Waals surface area contributed by atoms with E-state index < -0.39 is 6.67 Å². The molecule has 0 atom stereocenters. The summed E-state index contributed by atoms with van der Waals surface area (Å²) in [5, 5.41) is 2.82. The average molecular weight is 349 g/mol. The molecule has 3 nitrogen and oxygen atoms in total. The highest BCUT2D eigenvalue weighted by molar-refractivity contribution is 5.92. The quantitative estimate of drug-likeness (QED) is 0.658. The minimum Gasteiger partial charge on any atom is -0.489 e. The molecule has 4 heteroatoms. The van der Waals surface area contributed by atoms with E-state index in [-0.39, 0.29) is 12.3 Å². The third-order valence-electron chi connectivity index (χ3n) is 3.90. The van der Waals surface area contributed by atoms with Crippen LogP contribution < -0.4 is 10.1 Å². The molecule has 0 bridgehead atoms. The van der Waals surface area contributed by atoms with Crippen molar-refractivity contribution >= 4 is 11.6 Å². The van der Waals surface area contributed by atoms with Gasteiger partial charge in [-0.25, -0.2) is 4.39 Å². The van der Waals surface area contributed by atoms with Crippen LogP contribution in [0.5, 0.6) is 5.75 Å². The van der Waals surface area contributed by atoms with Gasteiger partial charge < -0.3 is 10.1 Å². The molecule has 0 spiro atoms. The Morgan fingerprint density at radius 2 is 1.58 bits per heavy atom. The lowest BCUT2D eigenvalue weighted by molar-refractivity contribution is -0.115. The van der Waals surface area contributed by atoms with Crippen LogP contribution in [0.3, 0.4) is 0 Å². The molecule has 0 unspecified atom stereocenters. The number of rotatable bonds is 7. The van der Waals surface area contributed by atoms with Gasteiger partial charge in [0.1, 0.15) is 19.0 Å². The lowest BCUT2D eigenvalue weighted by Crippen LogP contribution is -2.14. The minimum atomic E-state index is -0.510. The monoisotopic (exact) mass is 349 g/mol. The Morgan fingerprint density at radius 3 is 2.31 bits per heavy atom. The Balaban J connectivity index is 1.56. The maximum Gasteiger partial charge on any atom is 0.228 e. The highest BCUT2D eigenvalue weighted by atomic mass is 19.1. The van der Waals surface area contributed by atoms with Gasteiger partial charge in [0.15, 0.2) is 0 Å². The Labute approximate surface area is 152 Å². The first-order valence-electron chi connectivity index (χ1n) is 8.43. The van der Waals surface area contributed by atoms with Gasteiger partial charge in [0, 0.05) is 5.69 Å². The normalized spacial score (nSPS) is 10.3. The predicted molar refractivity (Wildman–Crippen MR) is 101 cm³/mol. The fourth-order valence-corrected chi connectivity index (χ4v) is 2.55. The van der Waals surface area contributed by atoms with E-state index in [0.29, 0.717) is 17.9 Å². The van der Waals surface area contributed by atoms with Gasteiger partial charge in [-0.05, 0) is 41.0 Å². The van der Waals surface area contributed by atoms with Crippen LogP contribution in [0, 0.1) is 0 Å². The summed E-state index contributed by atoms with van der Waals surface area (Å²) in [7, 11) is 0. The third-order valence-corrected chi connectivity index (χ3v) is 3.90. The largest absolute Gasteiger partial charge is 0.489 e. The van der Waals surface area contributed by atoms with Gasteiger partial charge in [-0.2, -0.15) is 0 Å². The molecule has 0 saturated carbocycles. The average Bonchev–Trinajstić information content (AvgIpc) is 2.68. The number of benzene rings is 3. The molecule has 1 N–H and O–H groups in total. The lowest BCUT2D eigenvalue weighted by Gasteiger charge is -2.09. The molecule has 3 aromatic carbocycles. The molecule has 0 saturated heterocycles. The molecular weight excluding hydrogens is 329 g/mol. The van der Waals surface area contributed by atoms with E-state index >= 15 is 0 Å². The zero-order valence-corrected chi connectivity index (χ0v) is 14.3. The van der Waals surface area contributed by atoms with Crippen molar-refractivity contribution in [3.63, 3.8) is 0 Å². The number of carbonyl (C=O) groups is 1. The summed E-state index contributed by atoms with van der Waals surface area (Å²) in [6, 6.07) is 24.2. The summed E-state index contributed by atoms with van der Waals surface area (Å²) in [5.41, 5.74) is 3.20. The van der Waals surface area contributed by atoms with Crippen LogP contribution >= 0.6 is 0 Å². The fraction of sp³-hybridized carbons (Fsp3) is 0.136. The number of hydrogen-bond acceptors (Lipinski definition) is 2. The van der Waals surface area contributed by atoms with E-state index in [1.807, 2.05) is 54.6 Å². The van der Waals surface area contributed by atoms with E-state index in [9.17, 15) is 9.18 Å². The van der Waals surface area contributed by atoms with E-state index in [0.717, 1.165) is 16.9 Å². The smallest absolute Gasteiger partial charge is 0.228 e. The van der Waals surface area contributed by atoms with E-state index in [1.165, 1.54) is 0 Å². The van der Waals surface area contributed by atoms with E-state index in [4.69, 9.17) is 4.74 Å². The lowest BCUT2D eigenvalue weighted by atomic mass is 10.1. The molecule has 0 aliphatic rings. The second-order valence-electron chi connectivity index (χ2n) is 5.98. The van der Waals surface area contributed by atoms with Gasteiger partial charge in [0.2, 0.25) is 5.91 Å². The number of anilines is 1. The molecule has 0 radical (unpaired) electrons. The van der Waals surface area contributed by atoms with Crippen molar-refractivity contribution in [2.24, 2.45) is 0 Å². The second kappa shape index (κ2) is 8.81.